The molecule has 0 aliphatic heterocycles. The summed E-state index contributed by atoms with van der Waals surface area (Å²) >= 11 is 6.58. The van der Waals surface area contributed by atoms with Crippen LogP contribution in [0, 0.1) is 0 Å². The summed E-state index contributed by atoms with van der Waals surface area (Å²) in [5.41, 5.74) is 4.64. The molecule has 0 spiro atoms. The van der Waals surface area contributed by atoms with Gasteiger partial charge in [0.1, 0.15) is 6.10 Å². The molecular weight excluding hydrogens is 460 g/mol. The van der Waals surface area contributed by atoms with Crippen LogP contribution in [0.25, 0.3) is 11.1 Å². The van der Waals surface area contributed by atoms with Gasteiger partial charge in [0.2, 0.25) is 0 Å². The minimum Gasteiger partial charge on any atom is -0.478 e. The third kappa shape index (κ3) is 7.97. The van der Waals surface area contributed by atoms with E-state index in [1.165, 1.54) is 18.4 Å². The van der Waals surface area contributed by atoms with Gasteiger partial charge in [-0.15, -0.1) is 11.6 Å². The number of hydrogen-bond donors (Lipinski definition) is 1. The van der Waals surface area contributed by atoms with Crippen molar-refractivity contribution in [2.45, 2.75) is 63.9 Å². The van der Waals surface area contributed by atoms with Gasteiger partial charge in [-0.25, -0.2) is 9.59 Å². The maximum atomic E-state index is 12.5. The van der Waals surface area contributed by atoms with Crippen LogP contribution >= 0.6 is 11.6 Å². The zero-order valence-corrected chi connectivity index (χ0v) is 21.1. The fourth-order valence-electron chi connectivity index (χ4n) is 4.13. The predicted molar refractivity (Wildman–Crippen MR) is 141 cm³/mol. The number of carboxylic acid groups (broad SMARTS) is 1. The normalized spacial score (nSPS) is 12.7. The second kappa shape index (κ2) is 13.1. The van der Waals surface area contributed by atoms with E-state index in [4.69, 9.17) is 16.3 Å². The number of hydrogen-bond acceptors (Lipinski definition) is 3. The van der Waals surface area contributed by atoms with E-state index in [0.717, 1.165) is 24.0 Å². The number of ether oxygens (including phenoxy) is 1. The van der Waals surface area contributed by atoms with Crippen LogP contribution in [0.1, 0.15) is 71.4 Å². The molecular formula is C30H33ClO4. The molecule has 0 bridgehead atoms. The summed E-state index contributed by atoms with van der Waals surface area (Å²) in [6, 6.07) is 22.4. The minimum atomic E-state index is -0.947. The first-order valence-corrected chi connectivity index (χ1v) is 12.7. The molecule has 0 heterocycles. The Morgan fingerprint density at radius 2 is 1.57 bits per heavy atom. The molecule has 0 amide bonds. The lowest BCUT2D eigenvalue weighted by molar-refractivity contribution is 0.0323. The number of benzene rings is 3. The summed E-state index contributed by atoms with van der Waals surface area (Å²) in [6.45, 7) is 4.05. The third-order valence-electron chi connectivity index (χ3n) is 6.03. The maximum Gasteiger partial charge on any atom is 0.338 e. The van der Waals surface area contributed by atoms with Crippen molar-refractivity contribution in [2.24, 2.45) is 0 Å². The molecule has 184 valence electrons. The van der Waals surface area contributed by atoms with Crippen LogP contribution in [0.5, 0.6) is 0 Å². The smallest absolute Gasteiger partial charge is 0.338 e. The summed E-state index contributed by atoms with van der Waals surface area (Å²) < 4.78 is 5.62. The van der Waals surface area contributed by atoms with Crippen molar-refractivity contribution in [3.8, 4) is 11.1 Å². The zero-order valence-electron chi connectivity index (χ0n) is 20.4. The van der Waals surface area contributed by atoms with Crippen molar-refractivity contribution in [1.82, 2.24) is 0 Å². The van der Waals surface area contributed by atoms with E-state index in [1.54, 1.807) is 18.2 Å². The second-order valence-electron chi connectivity index (χ2n) is 8.95. The summed E-state index contributed by atoms with van der Waals surface area (Å²) in [5, 5.41) is 9.22. The van der Waals surface area contributed by atoms with Crippen LogP contribution in [-0.4, -0.2) is 28.5 Å². The van der Waals surface area contributed by atoms with Crippen LogP contribution in [0.2, 0.25) is 0 Å². The second-order valence-corrected chi connectivity index (χ2v) is 9.57. The standard InChI is InChI=1S/C30H33ClO4/c1-3-4-5-8-22-11-17-25(18-12-22)30(34)35-21(2)19-26(31)20-23-13-15-24(16-14-23)27-9-6-7-10-28(27)29(32)33/h6-7,9-18,21,26H,3-5,8,19-20H2,1-2H3,(H,32,33). The summed E-state index contributed by atoms with van der Waals surface area (Å²) in [4.78, 5) is 24.0. The molecule has 0 radical (unpaired) electrons. The molecule has 0 fully saturated rings. The molecule has 3 aromatic carbocycles. The quantitative estimate of drug-likeness (QED) is 0.161. The van der Waals surface area contributed by atoms with Crippen molar-refractivity contribution < 1.29 is 19.4 Å². The first kappa shape index (κ1) is 26.5. The van der Waals surface area contributed by atoms with Gasteiger partial charge in [0.25, 0.3) is 0 Å². The van der Waals surface area contributed by atoms with Gasteiger partial charge >= 0.3 is 11.9 Å². The Labute approximate surface area is 212 Å². The van der Waals surface area contributed by atoms with Gasteiger partial charge in [-0.1, -0.05) is 74.4 Å². The van der Waals surface area contributed by atoms with E-state index in [0.29, 0.717) is 24.0 Å². The first-order valence-electron chi connectivity index (χ1n) is 12.2. The first-order chi connectivity index (χ1) is 16.9. The number of alkyl halides is 1. The van der Waals surface area contributed by atoms with Crippen molar-refractivity contribution in [1.29, 1.82) is 0 Å². The highest BCUT2D eigenvalue weighted by molar-refractivity contribution is 6.20. The number of aromatic carboxylic acids is 1. The Kier molecular flexibility index (Phi) is 9.92. The van der Waals surface area contributed by atoms with Gasteiger partial charge in [-0.05, 0) is 66.6 Å². The van der Waals surface area contributed by atoms with E-state index < -0.39 is 5.97 Å². The molecule has 3 aromatic rings. The number of carbonyl (C=O) groups is 2. The number of carboxylic acids is 1. The molecule has 0 saturated heterocycles. The molecule has 3 rings (SSSR count). The van der Waals surface area contributed by atoms with Crippen LogP contribution in [0.4, 0.5) is 0 Å². The van der Waals surface area contributed by atoms with Crippen LogP contribution < -0.4 is 0 Å². The third-order valence-corrected chi connectivity index (χ3v) is 6.37. The lowest BCUT2D eigenvalue weighted by atomic mass is 9.97. The number of unbranched alkanes of at least 4 members (excludes halogenated alkanes) is 2. The molecule has 1 N–H and O–H groups in total. The van der Waals surface area contributed by atoms with Gasteiger partial charge in [-0.2, -0.15) is 0 Å². The maximum absolute atomic E-state index is 12.5. The van der Waals surface area contributed by atoms with Crippen molar-refractivity contribution in [3.63, 3.8) is 0 Å². The summed E-state index contributed by atoms with van der Waals surface area (Å²) in [6.07, 6.45) is 5.44. The van der Waals surface area contributed by atoms with Gasteiger partial charge in [0.05, 0.1) is 11.1 Å². The Morgan fingerprint density at radius 1 is 0.914 bits per heavy atom. The topological polar surface area (TPSA) is 63.6 Å². The van der Waals surface area contributed by atoms with E-state index >= 15 is 0 Å². The van der Waals surface area contributed by atoms with Crippen molar-refractivity contribution in [2.75, 3.05) is 0 Å². The van der Waals surface area contributed by atoms with Gasteiger partial charge in [0, 0.05) is 11.8 Å². The van der Waals surface area contributed by atoms with Crippen molar-refractivity contribution >= 4 is 23.5 Å². The average Bonchev–Trinajstić information content (AvgIpc) is 2.85. The molecule has 0 saturated carbocycles. The monoisotopic (exact) mass is 492 g/mol. The largest absolute Gasteiger partial charge is 0.478 e. The fraction of sp³-hybridized carbons (Fsp3) is 0.333. The molecule has 5 heteroatoms. The number of carbonyl (C=O) groups excluding carboxylic acids is 1. The van der Waals surface area contributed by atoms with E-state index in [-0.39, 0.29) is 23.0 Å². The van der Waals surface area contributed by atoms with Crippen LogP contribution in [-0.2, 0) is 17.6 Å². The Balaban J connectivity index is 1.50. The molecule has 0 aliphatic rings. The fourth-order valence-corrected chi connectivity index (χ4v) is 4.56. The summed E-state index contributed by atoms with van der Waals surface area (Å²) in [7, 11) is 0. The van der Waals surface area contributed by atoms with Crippen LogP contribution in [0.15, 0.2) is 72.8 Å². The SMILES string of the molecule is CCCCCc1ccc(C(=O)OC(C)CC(Cl)Cc2ccc(-c3ccccc3C(=O)O)cc2)cc1. The highest BCUT2D eigenvalue weighted by Crippen LogP contribution is 2.25. The molecule has 0 aliphatic carbocycles. The molecule has 35 heavy (non-hydrogen) atoms. The lowest BCUT2D eigenvalue weighted by Gasteiger charge is -2.17. The lowest BCUT2D eigenvalue weighted by Crippen LogP contribution is -2.20. The van der Waals surface area contributed by atoms with Crippen molar-refractivity contribution in [3.05, 3.63) is 95.1 Å². The number of rotatable bonds is 12. The highest BCUT2D eigenvalue weighted by atomic mass is 35.5. The Hall–Kier alpha value is -3.11. The number of aryl methyl sites for hydroxylation is 1. The van der Waals surface area contributed by atoms with Gasteiger partial charge in [-0.3, -0.25) is 0 Å². The number of halogens is 1. The van der Waals surface area contributed by atoms with E-state index in [9.17, 15) is 14.7 Å². The van der Waals surface area contributed by atoms with Crippen LogP contribution in [0.3, 0.4) is 0 Å². The molecule has 2 unspecified atom stereocenters. The average molecular weight is 493 g/mol. The molecule has 0 aromatic heterocycles. The van der Waals surface area contributed by atoms with E-state index in [1.807, 2.05) is 61.5 Å². The Morgan fingerprint density at radius 3 is 2.23 bits per heavy atom. The highest BCUT2D eigenvalue weighted by Gasteiger charge is 2.17. The Bertz CT molecular complexity index is 1110. The zero-order chi connectivity index (χ0) is 25.2. The summed E-state index contributed by atoms with van der Waals surface area (Å²) in [5.74, 6) is -1.28. The van der Waals surface area contributed by atoms with Gasteiger partial charge in [0.15, 0.2) is 0 Å². The molecule has 4 nitrogen and oxygen atoms in total. The predicted octanol–water partition coefficient (Wildman–Crippen LogP) is 7.57. The van der Waals surface area contributed by atoms with Gasteiger partial charge < -0.3 is 9.84 Å². The molecule has 2 atom stereocenters. The minimum absolute atomic E-state index is 0.198. The van der Waals surface area contributed by atoms with E-state index in [2.05, 4.69) is 6.92 Å². The number of esters is 1.